The van der Waals surface area contributed by atoms with Gasteiger partial charge in [-0.05, 0) is 12.3 Å². The summed E-state index contributed by atoms with van der Waals surface area (Å²) in [6.07, 6.45) is 2.33. The first-order valence-corrected chi connectivity index (χ1v) is 4.68. The number of rotatable bonds is 0. The molecule has 0 bridgehead atoms. The second-order valence-corrected chi connectivity index (χ2v) is 3.90. The van der Waals surface area contributed by atoms with Gasteiger partial charge in [-0.1, -0.05) is 6.92 Å². The van der Waals surface area contributed by atoms with Gasteiger partial charge in [0.05, 0.1) is 19.3 Å². The minimum absolute atomic E-state index is 0.253. The average molecular weight is 172 g/mol. The second-order valence-electron chi connectivity index (χ2n) is 3.90. The molecule has 1 N–H and O–H groups in total. The van der Waals surface area contributed by atoms with Crippen LogP contribution in [0, 0.1) is 5.92 Å². The molecule has 1 saturated heterocycles. The molecule has 1 heterocycles. The second kappa shape index (κ2) is 2.98. The van der Waals surface area contributed by atoms with Gasteiger partial charge in [0.25, 0.3) is 0 Å². The summed E-state index contributed by atoms with van der Waals surface area (Å²) >= 11 is 0. The summed E-state index contributed by atoms with van der Waals surface area (Å²) in [7, 11) is 0. The fourth-order valence-corrected chi connectivity index (χ4v) is 2.02. The molecule has 12 heavy (non-hydrogen) atoms. The van der Waals surface area contributed by atoms with E-state index in [0.29, 0.717) is 25.6 Å². The van der Waals surface area contributed by atoms with E-state index in [1.807, 2.05) is 0 Å². The van der Waals surface area contributed by atoms with Crippen LogP contribution in [-0.4, -0.2) is 30.2 Å². The largest absolute Gasteiger partial charge is 0.393 e. The Morgan fingerprint density at radius 1 is 1.33 bits per heavy atom. The Morgan fingerprint density at radius 3 is 2.58 bits per heavy atom. The van der Waals surface area contributed by atoms with Crippen molar-refractivity contribution in [1.29, 1.82) is 0 Å². The third-order valence-electron chi connectivity index (χ3n) is 2.97. The Balaban J connectivity index is 2.01. The van der Waals surface area contributed by atoms with E-state index < -0.39 is 5.79 Å². The topological polar surface area (TPSA) is 38.7 Å². The van der Waals surface area contributed by atoms with Gasteiger partial charge in [0, 0.05) is 12.8 Å². The van der Waals surface area contributed by atoms with Gasteiger partial charge in [-0.25, -0.2) is 0 Å². The van der Waals surface area contributed by atoms with Gasteiger partial charge >= 0.3 is 0 Å². The van der Waals surface area contributed by atoms with Crippen molar-refractivity contribution in [3.05, 3.63) is 0 Å². The van der Waals surface area contributed by atoms with Crippen molar-refractivity contribution in [2.24, 2.45) is 5.92 Å². The van der Waals surface area contributed by atoms with Crippen LogP contribution >= 0.6 is 0 Å². The van der Waals surface area contributed by atoms with Crippen molar-refractivity contribution < 1.29 is 14.6 Å². The quantitative estimate of drug-likeness (QED) is 0.590. The molecular formula is C9H16O3. The van der Waals surface area contributed by atoms with Gasteiger partial charge in [-0.2, -0.15) is 0 Å². The normalized spacial score (nSPS) is 40.5. The zero-order valence-electron chi connectivity index (χ0n) is 7.45. The highest BCUT2D eigenvalue weighted by atomic mass is 16.7. The smallest absolute Gasteiger partial charge is 0.170 e. The predicted octanol–water partition coefficient (Wildman–Crippen LogP) is 0.910. The first-order valence-electron chi connectivity index (χ1n) is 4.68. The highest BCUT2D eigenvalue weighted by Crippen LogP contribution is 2.38. The molecule has 3 heteroatoms. The molecule has 2 atom stereocenters. The van der Waals surface area contributed by atoms with Crippen molar-refractivity contribution in [3.8, 4) is 0 Å². The number of ether oxygens (including phenoxy) is 2. The maximum atomic E-state index is 9.64. The Kier molecular flexibility index (Phi) is 2.10. The Morgan fingerprint density at radius 2 is 2.00 bits per heavy atom. The molecule has 1 spiro atoms. The van der Waals surface area contributed by atoms with E-state index in [1.54, 1.807) is 0 Å². The number of hydrogen-bond donors (Lipinski definition) is 1. The molecule has 3 nitrogen and oxygen atoms in total. The lowest BCUT2D eigenvalue weighted by Crippen LogP contribution is -2.42. The Bertz CT molecular complexity index is 163. The van der Waals surface area contributed by atoms with Crippen LogP contribution in [0.4, 0.5) is 0 Å². The maximum Gasteiger partial charge on any atom is 0.170 e. The third-order valence-corrected chi connectivity index (χ3v) is 2.97. The van der Waals surface area contributed by atoms with Crippen LogP contribution in [0.2, 0.25) is 0 Å². The lowest BCUT2D eigenvalue weighted by Gasteiger charge is -2.37. The van der Waals surface area contributed by atoms with E-state index in [0.717, 1.165) is 12.8 Å². The first-order chi connectivity index (χ1) is 5.72. The molecule has 0 radical (unpaired) electrons. The van der Waals surface area contributed by atoms with Crippen molar-refractivity contribution >= 4 is 0 Å². The molecule has 1 aliphatic heterocycles. The SMILES string of the molecule is C[C@H]1CCC2(C[C@@H]1O)OCCO2. The van der Waals surface area contributed by atoms with Crippen LogP contribution < -0.4 is 0 Å². The van der Waals surface area contributed by atoms with Gasteiger partial charge in [0.15, 0.2) is 5.79 Å². The Labute approximate surface area is 72.7 Å². The summed E-state index contributed by atoms with van der Waals surface area (Å²) in [4.78, 5) is 0. The van der Waals surface area contributed by atoms with E-state index in [-0.39, 0.29) is 6.10 Å². The van der Waals surface area contributed by atoms with Crippen molar-refractivity contribution in [3.63, 3.8) is 0 Å². The zero-order chi connectivity index (χ0) is 8.60. The highest BCUT2D eigenvalue weighted by molar-refractivity contribution is 4.86. The van der Waals surface area contributed by atoms with Gasteiger partial charge in [0.1, 0.15) is 0 Å². The van der Waals surface area contributed by atoms with Gasteiger partial charge in [-0.3, -0.25) is 0 Å². The van der Waals surface area contributed by atoms with Crippen molar-refractivity contribution in [1.82, 2.24) is 0 Å². The van der Waals surface area contributed by atoms with Crippen LogP contribution in [0.25, 0.3) is 0 Å². The molecule has 0 aromatic rings. The van der Waals surface area contributed by atoms with E-state index in [4.69, 9.17) is 9.47 Å². The van der Waals surface area contributed by atoms with Crippen LogP contribution in [0.15, 0.2) is 0 Å². The molecule has 0 amide bonds. The van der Waals surface area contributed by atoms with E-state index in [1.165, 1.54) is 0 Å². The summed E-state index contributed by atoms with van der Waals surface area (Å²) < 4.78 is 11.0. The molecule has 2 aliphatic rings. The van der Waals surface area contributed by atoms with Crippen molar-refractivity contribution in [2.45, 2.75) is 38.1 Å². The van der Waals surface area contributed by atoms with E-state index in [9.17, 15) is 5.11 Å². The summed E-state index contributed by atoms with van der Waals surface area (Å²) in [5.74, 6) is -0.0326. The van der Waals surface area contributed by atoms with E-state index in [2.05, 4.69) is 6.92 Å². The molecule has 70 valence electrons. The number of aliphatic hydroxyl groups excluding tert-OH is 1. The van der Waals surface area contributed by atoms with Gasteiger partial charge in [-0.15, -0.1) is 0 Å². The molecule has 2 rings (SSSR count). The summed E-state index contributed by atoms with van der Waals surface area (Å²) in [5.41, 5.74) is 0. The summed E-state index contributed by atoms with van der Waals surface area (Å²) in [5, 5.41) is 9.64. The van der Waals surface area contributed by atoms with Crippen LogP contribution in [-0.2, 0) is 9.47 Å². The fourth-order valence-electron chi connectivity index (χ4n) is 2.02. The predicted molar refractivity (Wildman–Crippen MR) is 43.7 cm³/mol. The maximum absolute atomic E-state index is 9.64. The lowest BCUT2D eigenvalue weighted by molar-refractivity contribution is -0.203. The average Bonchev–Trinajstić information content (AvgIpc) is 2.47. The number of hydrogen-bond acceptors (Lipinski definition) is 3. The van der Waals surface area contributed by atoms with Crippen LogP contribution in [0.5, 0.6) is 0 Å². The summed E-state index contributed by atoms with van der Waals surface area (Å²) in [6.45, 7) is 3.44. The minimum Gasteiger partial charge on any atom is -0.393 e. The van der Waals surface area contributed by atoms with Crippen molar-refractivity contribution in [2.75, 3.05) is 13.2 Å². The molecule has 2 fully saturated rings. The van der Waals surface area contributed by atoms with Crippen LogP contribution in [0.3, 0.4) is 0 Å². The molecule has 1 saturated carbocycles. The third kappa shape index (κ3) is 1.37. The highest BCUT2D eigenvalue weighted by Gasteiger charge is 2.43. The molecule has 0 aromatic heterocycles. The fraction of sp³-hybridized carbons (Fsp3) is 1.00. The number of aliphatic hydroxyl groups is 1. The van der Waals surface area contributed by atoms with E-state index >= 15 is 0 Å². The zero-order valence-corrected chi connectivity index (χ0v) is 7.45. The molecule has 0 unspecified atom stereocenters. The molecule has 1 aliphatic carbocycles. The Hall–Kier alpha value is -0.120. The molecule has 0 aromatic carbocycles. The minimum atomic E-state index is -0.425. The van der Waals surface area contributed by atoms with Gasteiger partial charge < -0.3 is 14.6 Å². The molecular weight excluding hydrogens is 156 g/mol. The lowest BCUT2D eigenvalue weighted by atomic mass is 9.84. The standard InChI is InChI=1S/C9H16O3/c1-7-2-3-9(6-8(7)10)11-4-5-12-9/h7-8,10H,2-6H2,1H3/t7-,8-/m0/s1. The van der Waals surface area contributed by atoms with Crippen LogP contribution in [0.1, 0.15) is 26.2 Å². The van der Waals surface area contributed by atoms with Gasteiger partial charge in [0.2, 0.25) is 0 Å². The first kappa shape index (κ1) is 8.48. The monoisotopic (exact) mass is 172 g/mol. The summed E-state index contributed by atoms with van der Waals surface area (Å²) in [6, 6.07) is 0.